The number of likely N-dealkylation sites (N-methyl/N-ethyl adjacent to an activating group) is 1. The molecule has 0 spiro atoms. The summed E-state index contributed by atoms with van der Waals surface area (Å²) in [6.07, 6.45) is 5.01. The van der Waals surface area contributed by atoms with Gasteiger partial charge < -0.3 is 20.3 Å². The van der Waals surface area contributed by atoms with Crippen LogP contribution in [-0.2, 0) is 22.0 Å². The van der Waals surface area contributed by atoms with Crippen LogP contribution in [0, 0.1) is 5.92 Å². The average molecular weight is 412 g/mol. The molecule has 30 heavy (non-hydrogen) atoms. The monoisotopic (exact) mass is 411 g/mol. The molecule has 5 heteroatoms. The molecule has 0 bridgehead atoms. The van der Waals surface area contributed by atoms with Crippen molar-refractivity contribution in [2.24, 2.45) is 5.92 Å². The summed E-state index contributed by atoms with van der Waals surface area (Å²) in [4.78, 5) is 19.0. The van der Waals surface area contributed by atoms with Crippen molar-refractivity contribution in [1.82, 2.24) is 10.3 Å². The van der Waals surface area contributed by atoms with E-state index in [9.17, 15) is 9.90 Å². The maximum absolute atomic E-state index is 13.2. The smallest absolute Gasteiger partial charge is 0.243 e. The lowest BCUT2D eigenvalue weighted by atomic mass is 9.62. The van der Waals surface area contributed by atoms with Gasteiger partial charge in [-0.1, -0.05) is 41.5 Å². The SMILES string of the molecule is CC(C)[C@H]1C(=O)N[C@H](CO)Cc2c[nH]c3c4c(cc(c23)N1C)C(C)(C)CCC4(C)C. The summed E-state index contributed by atoms with van der Waals surface area (Å²) in [6, 6.07) is 1.79. The van der Waals surface area contributed by atoms with Crippen LogP contribution >= 0.6 is 0 Å². The number of H-pyrrole nitrogens is 1. The number of carbonyl (C=O) groups excluding carboxylic acids is 1. The Balaban J connectivity index is 2.07. The molecule has 1 aromatic heterocycles. The molecule has 1 aliphatic carbocycles. The molecule has 2 heterocycles. The van der Waals surface area contributed by atoms with E-state index < -0.39 is 0 Å². The molecule has 0 radical (unpaired) electrons. The molecule has 0 saturated carbocycles. The Morgan fingerprint density at radius 3 is 2.50 bits per heavy atom. The molecule has 1 amide bonds. The number of rotatable bonds is 2. The zero-order valence-electron chi connectivity index (χ0n) is 19.5. The van der Waals surface area contributed by atoms with Crippen LogP contribution in [-0.4, -0.2) is 41.7 Å². The Morgan fingerprint density at radius 1 is 1.20 bits per heavy atom. The molecule has 2 atom stereocenters. The van der Waals surface area contributed by atoms with Gasteiger partial charge in [0.05, 0.1) is 18.2 Å². The largest absolute Gasteiger partial charge is 0.394 e. The predicted octanol–water partition coefficient (Wildman–Crippen LogP) is 4.01. The second-order valence-electron chi connectivity index (χ2n) is 11.0. The number of nitrogens with zero attached hydrogens (tertiary/aromatic N) is 1. The highest BCUT2D eigenvalue weighted by atomic mass is 16.3. The number of nitrogens with one attached hydrogen (secondary N) is 2. The summed E-state index contributed by atoms with van der Waals surface area (Å²) in [5.74, 6) is 0.136. The highest BCUT2D eigenvalue weighted by molar-refractivity contribution is 6.01. The molecule has 0 fully saturated rings. The van der Waals surface area contributed by atoms with Gasteiger partial charge in [-0.15, -0.1) is 0 Å². The number of aromatic nitrogens is 1. The lowest BCUT2D eigenvalue weighted by Gasteiger charge is -2.43. The molecular weight excluding hydrogens is 374 g/mol. The van der Waals surface area contributed by atoms with Crippen LogP contribution < -0.4 is 10.2 Å². The second-order valence-corrected chi connectivity index (χ2v) is 11.0. The number of benzene rings is 1. The Morgan fingerprint density at radius 2 is 1.87 bits per heavy atom. The molecule has 1 aliphatic heterocycles. The van der Waals surface area contributed by atoms with Gasteiger partial charge in [-0.3, -0.25) is 4.79 Å². The van der Waals surface area contributed by atoms with Crippen molar-refractivity contribution in [2.75, 3.05) is 18.6 Å². The van der Waals surface area contributed by atoms with Gasteiger partial charge >= 0.3 is 0 Å². The number of hydrogen-bond acceptors (Lipinski definition) is 3. The standard InChI is InChI=1S/C25H37N3O2/c1-14(2)22-23(30)27-16(13-29)10-15-12-26-21-19(15)18(28(22)7)11-17-20(21)25(5,6)9-8-24(17,3)4/h11-12,14,16,22,26,29H,8-10,13H2,1-7H3,(H,27,30)/t16-,22-/m0/s1. The van der Waals surface area contributed by atoms with E-state index in [1.165, 1.54) is 22.0 Å². The van der Waals surface area contributed by atoms with Crippen LogP contribution in [0.15, 0.2) is 12.3 Å². The van der Waals surface area contributed by atoms with Crippen LogP contribution in [0.3, 0.4) is 0 Å². The maximum Gasteiger partial charge on any atom is 0.243 e. The summed E-state index contributed by atoms with van der Waals surface area (Å²) in [5.41, 5.74) is 6.47. The molecule has 4 rings (SSSR count). The normalized spacial score (nSPS) is 25.5. The fourth-order valence-corrected chi connectivity index (χ4v) is 5.72. The first-order chi connectivity index (χ1) is 14.0. The van der Waals surface area contributed by atoms with Crippen LogP contribution in [0.2, 0.25) is 0 Å². The molecule has 2 aliphatic rings. The molecule has 3 N–H and O–H groups in total. The van der Waals surface area contributed by atoms with Gasteiger partial charge in [-0.2, -0.15) is 0 Å². The fourth-order valence-electron chi connectivity index (χ4n) is 5.72. The number of aliphatic hydroxyl groups is 1. The highest BCUT2D eigenvalue weighted by Crippen LogP contribution is 2.51. The van der Waals surface area contributed by atoms with Crippen molar-refractivity contribution >= 4 is 22.5 Å². The first-order valence-electron chi connectivity index (χ1n) is 11.3. The molecule has 5 nitrogen and oxygen atoms in total. The fraction of sp³-hybridized carbons (Fsp3) is 0.640. The van der Waals surface area contributed by atoms with Gasteiger partial charge in [0.25, 0.3) is 0 Å². The van der Waals surface area contributed by atoms with E-state index in [0.717, 1.165) is 24.1 Å². The number of hydrogen-bond donors (Lipinski definition) is 3. The van der Waals surface area contributed by atoms with Crippen molar-refractivity contribution in [3.63, 3.8) is 0 Å². The van der Waals surface area contributed by atoms with Crippen LogP contribution in [0.1, 0.15) is 71.1 Å². The van der Waals surface area contributed by atoms with Crippen molar-refractivity contribution in [3.05, 3.63) is 29.0 Å². The van der Waals surface area contributed by atoms with E-state index in [1.54, 1.807) is 0 Å². The van der Waals surface area contributed by atoms with Gasteiger partial charge in [0.2, 0.25) is 5.91 Å². The summed E-state index contributed by atoms with van der Waals surface area (Å²) < 4.78 is 0. The summed E-state index contributed by atoms with van der Waals surface area (Å²) in [6.45, 7) is 13.5. The van der Waals surface area contributed by atoms with E-state index in [1.807, 2.05) is 7.05 Å². The molecule has 0 saturated heterocycles. The van der Waals surface area contributed by atoms with Crippen LogP contribution in [0.5, 0.6) is 0 Å². The number of carbonyl (C=O) groups is 1. The third-order valence-electron chi connectivity index (χ3n) is 7.53. The molecule has 2 aromatic rings. The molecule has 1 aromatic carbocycles. The summed E-state index contributed by atoms with van der Waals surface area (Å²) >= 11 is 0. The topological polar surface area (TPSA) is 68.4 Å². The zero-order valence-corrected chi connectivity index (χ0v) is 19.5. The van der Waals surface area contributed by atoms with Gasteiger partial charge in [0, 0.05) is 24.3 Å². The van der Waals surface area contributed by atoms with Gasteiger partial charge in [-0.25, -0.2) is 0 Å². The van der Waals surface area contributed by atoms with Crippen molar-refractivity contribution in [3.8, 4) is 0 Å². The van der Waals surface area contributed by atoms with Crippen molar-refractivity contribution in [2.45, 2.75) is 83.7 Å². The predicted molar refractivity (Wildman–Crippen MR) is 123 cm³/mol. The quantitative estimate of drug-likeness (QED) is 0.699. The number of fused-ring (bicyclic) bond motifs is 2. The first kappa shape index (κ1) is 21.2. The Bertz CT molecular complexity index is 986. The summed E-state index contributed by atoms with van der Waals surface area (Å²) in [7, 11) is 2.04. The van der Waals surface area contributed by atoms with E-state index in [-0.39, 0.29) is 41.3 Å². The lowest BCUT2D eigenvalue weighted by Crippen LogP contribution is -2.52. The van der Waals surface area contributed by atoms with E-state index in [0.29, 0.717) is 6.42 Å². The number of amides is 1. The van der Waals surface area contributed by atoms with Gasteiger partial charge in [-0.05, 0) is 58.8 Å². The van der Waals surface area contributed by atoms with Gasteiger partial charge in [0.1, 0.15) is 6.04 Å². The number of aliphatic hydroxyl groups excluding tert-OH is 1. The Labute approximate surface area is 180 Å². The number of aromatic amines is 1. The lowest BCUT2D eigenvalue weighted by molar-refractivity contribution is -0.124. The summed E-state index contributed by atoms with van der Waals surface area (Å²) in [5, 5.41) is 14.3. The third-order valence-corrected chi connectivity index (χ3v) is 7.53. The molecule has 164 valence electrons. The minimum Gasteiger partial charge on any atom is -0.394 e. The highest BCUT2D eigenvalue weighted by Gasteiger charge is 2.41. The van der Waals surface area contributed by atoms with Gasteiger partial charge in [0.15, 0.2) is 0 Å². The number of anilines is 1. The maximum atomic E-state index is 13.2. The zero-order chi connectivity index (χ0) is 22.0. The van der Waals surface area contributed by atoms with E-state index >= 15 is 0 Å². The minimum atomic E-state index is -0.291. The molecular formula is C25H37N3O2. The third kappa shape index (κ3) is 3.13. The van der Waals surface area contributed by atoms with Crippen LogP contribution in [0.25, 0.3) is 10.9 Å². The van der Waals surface area contributed by atoms with Crippen molar-refractivity contribution < 1.29 is 9.90 Å². The average Bonchev–Trinajstić information content (AvgIpc) is 3.07. The second kappa shape index (κ2) is 7.01. The van der Waals surface area contributed by atoms with E-state index in [4.69, 9.17) is 0 Å². The first-order valence-corrected chi connectivity index (χ1v) is 11.3. The molecule has 0 unspecified atom stereocenters. The van der Waals surface area contributed by atoms with E-state index in [2.05, 4.69) is 69.0 Å². The Kier molecular flexibility index (Phi) is 4.96. The Hall–Kier alpha value is -2.01. The van der Waals surface area contributed by atoms with Crippen LogP contribution in [0.4, 0.5) is 5.69 Å². The van der Waals surface area contributed by atoms with Crippen molar-refractivity contribution in [1.29, 1.82) is 0 Å². The minimum absolute atomic E-state index is 0.00820.